The van der Waals surface area contributed by atoms with Crippen LogP contribution < -0.4 is 11.1 Å². The number of carbonyl (C=O) groups is 1. The van der Waals surface area contributed by atoms with Crippen molar-refractivity contribution in [1.82, 2.24) is 5.32 Å². The van der Waals surface area contributed by atoms with Crippen LogP contribution in [0.3, 0.4) is 0 Å². The Bertz CT molecular complexity index is 263. The molecule has 0 heterocycles. The van der Waals surface area contributed by atoms with E-state index >= 15 is 0 Å². The number of hydrogen-bond acceptors (Lipinski definition) is 5. The minimum Gasteiger partial charge on any atom is -0.370 e. The van der Waals surface area contributed by atoms with E-state index in [1.807, 2.05) is 0 Å². The van der Waals surface area contributed by atoms with Gasteiger partial charge in [0.15, 0.2) is 0 Å². The Morgan fingerprint density at radius 1 is 1.43 bits per heavy atom. The third-order valence-corrected chi connectivity index (χ3v) is 2.26. The van der Waals surface area contributed by atoms with E-state index in [1.54, 1.807) is 0 Å². The van der Waals surface area contributed by atoms with Gasteiger partial charge in [-0.2, -0.15) is 0 Å². The minimum atomic E-state index is -2.91. The number of nitrogens with two attached hydrogens (primary N) is 1. The third kappa shape index (κ3) is 11.3. The highest BCUT2D eigenvalue weighted by atomic mass is 32.2. The summed E-state index contributed by atoms with van der Waals surface area (Å²) >= 11 is 0. The summed E-state index contributed by atoms with van der Waals surface area (Å²) in [6.45, 7) is 1.13. The third-order valence-electron chi connectivity index (χ3n) is 1.32. The zero-order valence-corrected chi connectivity index (χ0v) is 8.97. The van der Waals surface area contributed by atoms with Crippen molar-refractivity contribution in [3.05, 3.63) is 0 Å². The first-order chi connectivity index (χ1) is 6.42. The van der Waals surface area contributed by atoms with Crippen LogP contribution in [-0.2, 0) is 19.4 Å². The Balaban J connectivity index is 3.19. The van der Waals surface area contributed by atoms with Gasteiger partial charge in [-0.15, -0.1) is 0 Å². The number of primary amides is 1. The molecule has 0 radical (unpaired) electrons. The molecule has 0 aliphatic rings. The van der Waals surface area contributed by atoms with E-state index in [2.05, 4.69) is 5.32 Å². The number of rotatable bonds is 8. The van der Waals surface area contributed by atoms with Gasteiger partial charge in [-0.25, -0.2) is 8.42 Å². The van der Waals surface area contributed by atoms with Crippen molar-refractivity contribution >= 4 is 15.7 Å². The van der Waals surface area contributed by atoms with E-state index in [0.29, 0.717) is 19.7 Å². The van der Waals surface area contributed by atoms with Crippen molar-refractivity contribution in [2.75, 3.05) is 38.3 Å². The van der Waals surface area contributed by atoms with E-state index in [4.69, 9.17) is 10.5 Å². The second-order valence-electron chi connectivity index (χ2n) is 2.90. The molecule has 84 valence electrons. The van der Waals surface area contributed by atoms with Crippen LogP contribution in [0.2, 0.25) is 0 Å². The summed E-state index contributed by atoms with van der Waals surface area (Å²) in [5.74, 6) is -0.413. The first kappa shape index (κ1) is 13.3. The summed E-state index contributed by atoms with van der Waals surface area (Å²) in [6.07, 6.45) is 1.18. The molecule has 0 aromatic carbocycles. The summed E-state index contributed by atoms with van der Waals surface area (Å²) < 4.78 is 26.2. The maximum Gasteiger partial charge on any atom is 0.243 e. The molecule has 3 N–H and O–H groups in total. The Morgan fingerprint density at radius 2 is 2.07 bits per heavy atom. The molecular formula is C7H16N2O4S. The SMILES string of the molecule is CS(=O)(=O)CCNCCOCC(N)=O. The number of nitrogens with one attached hydrogen (secondary N) is 1. The summed E-state index contributed by atoms with van der Waals surface area (Å²) in [5.41, 5.74) is 4.83. The first-order valence-electron chi connectivity index (χ1n) is 4.16. The number of sulfone groups is 1. The van der Waals surface area contributed by atoms with E-state index in [1.165, 1.54) is 6.26 Å². The predicted molar refractivity (Wildman–Crippen MR) is 52.6 cm³/mol. The fourth-order valence-electron chi connectivity index (χ4n) is 0.700. The molecule has 1 amide bonds. The number of amides is 1. The van der Waals surface area contributed by atoms with Crippen LogP contribution in [0.1, 0.15) is 0 Å². The van der Waals surface area contributed by atoms with Gasteiger partial charge in [0.1, 0.15) is 16.4 Å². The summed E-state index contributed by atoms with van der Waals surface area (Å²) in [7, 11) is -2.91. The molecule has 0 aromatic heterocycles. The van der Waals surface area contributed by atoms with Crippen molar-refractivity contribution in [3.8, 4) is 0 Å². The van der Waals surface area contributed by atoms with Crippen LogP contribution in [-0.4, -0.2) is 52.6 Å². The number of hydrogen-bond donors (Lipinski definition) is 2. The van der Waals surface area contributed by atoms with Gasteiger partial charge in [-0.3, -0.25) is 4.79 Å². The molecule has 0 rings (SSSR count). The normalized spacial score (nSPS) is 11.5. The maximum absolute atomic E-state index is 10.7. The highest BCUT2D eigenvalue weighted by molar-refractivity contribution is 7.90. The van der Waals surface area contributed by atoms with Gasteiger partial charge in [0.2, 0.25) is 5.91 Å². The van der Waals surface area contributed by atoms with Gasteiger partial charge in [-0.1, -0.05) is 0 Å². The van der Waals surface area contributed by atoms with Crippen LogP contribution in [0.15, 0.2) is 0 Å². The zero-order chi connectivity index (χ0) is 11.0. The second kappa shape index (κ2) is 6.74. The standard InChI is InChI=1S/C7H16N2O4S/c1-14(11,12)5-3-9-2-4-13-6-7(8)10/h9H,2-6H2,1H3,(H2,8,10). The van der Waals surface area contributed by atoms with Crippen LogP contribution in [0.25, 0.3) is 0 Å². The molecule has 0 fully saturated rings. The van der Waals surface area contributed by atoms with Crippen molar-refractivity contribution in [2.45, 2.75) is 0 Å². The quantitative estimate of drug-likeness (QED) is 0.470. The van der Waals surface area contributed by atoms with E-state index in [9.17, 15) is 13.2 Å². The smallest absolute Gasteiger partial charge is 0.243 e. The molecule has 0 aromatic rings. The van der Waals surface area contributed by atoms with Gasteiger partial charge in [0.05, 0.1) is 12.4 Å². The zero-order valence-electron chi connectivity index (χ0n) is 8.15. The summed E-state index contributed by atoms with van der Waals surface area (Å²) in [5, 5.41) is 2.86. The van der Waals surface area contributed by atoms with Crippen LogP contribution in [0.4, 0.5) is 0 Å². The van der Waals surface area contributed by atoms with Crippen molar-refractivity contribution in [2.24, 2.45) is 5.73 Å². The van der Waals surface area contributed by atoms with E-state index < -0.39 is 15.7 Å². The fourth-order valence-corrected chi connectivity index (χ4v) is 1.21. The van der Waals surface area contributed by atoms with Gasteiger partial charge in [-0.05, 0) is 0 Å². The van der Waals surface area contributed by atoms with Gasteiger partial charge >= 0.3 is 0 Å². The first-order valence-corrected chi connectivity index (χ1v) is 6.22. The molecular weight excluding hydrogens is 208 g/mol. The molecule has 0 atom stereocenters. The lowest BCUT2D eigenvalue weighted by molar-refractivity contribution is -0.122. The average Bonchev–Trinajstić information content (AvgIpc) is 2.00. The summed E-state index contributed by atoms with van der Waals surface area (Å²) in [6, 6.07) is 0. The minimum absolute atomic E-state index is 0.100. The van der Waals surface area contributed by atoms with Crippen LogP contribution in [0.5, 0.6) is 0 Å². The van der Waals surface area contributed by atoms with E-state index in [-0.39, 0.29) is 12.4 Å². The molecule has 0 saturated heterocycles. The molecule has 0 aliphatic heterocycles. The Labute approximate surface area is 83.7 Å². The molecule has 0 unspecified atom stereocenters. The van der Waals surface area contributed by atoms with Crippen LogP contribution in [0, 0.1) is 0 Å². The Hall–Kier alpha value is -0.660. The highest BCUT2D eigenvalue weighted by Crippen LogP contribution is 1.79. The fraction of sp³-hybridized carbons (Fsp3) is 0.857. The van der Waals surface area contributed by atoms with Crippen molar-refractivity contribution < 1.29 is 17.9 Å². The maximum atomic E-state index is 10.7. The van der Waals surface area contributed by atoms with Gasteiger partial charge in [0, 0.05) is 19.3 Å². The van der Waals surface area contributed by atoms with Crippen LogP contribution >= 0.6 is 0 Å². The van der Waals surface area contributed by atoms with Crippen molar-refractivity contribution in [3.63, 3.8) is 0 Å². The lowest BCUT2D eigenvalue weighted by Crippen LogP contribution is -2.27. The predicted octanol–water partition coefficient (Wildman–Crippen LogP) is -1.88. The average molecular weight is 224 g/mol. The van der Waals surface area contributed by atoms with Gasteiger partial charge < -0.3 is 15.8 Å². The lowest BCUT2D eigenvalue weighted by Gasteiger charge is -2.03. The molecule has 7 heteroatoms. The molecule has 0 saturated carbocycles. The lowest BCUT2D eigenvalue weighted by atomic mass is 10.6. The van der Waals surface area contributed by atoms with E-state index in [0.717, 1.165) is 0 Å². The molecule has 0 aliphatic carbocycles. The second-order valence-corrected chi connectivity index (χ2v) is 5.16. The Morgan fingerprint density at radius 3 is 2.57 bits per heavy atom. The molecule has 0 spiro atoms. The summed E-state index contributed by atoms with van der Waals surface area (Å²) in [4.78, 5) is 10.2. The molecule has 14 heavy (non-hydrogen) atoms. The van der Waals surface area contributed by atoms with Gasteiger partial charge in [0.25, 0.3) is 0 Å². The number of ether oxygens (including phenoxy) is 1. The highest BCUT2D eigenvalue weighted by Gasteiger charge is 2.00. The molecule has 6 nitrogen and oxygen atoms in total. The number of carbonyl (C=O) groups excluding carboxylic acids is 1. The Kier molecular flexibility index (Phi) is 6.43. The monoisotopic (exact) mass is 224 g/mol. The molecule has 0 bridgehead atoms. The topological polar surface area (TPSA) is 98.5 Å². The van der Waals surface area contributed by atoms with Crippen molar-refractivity contribution in [1.29, 1.82) is 0 Å². The largest absolute Gasteiger partial charge is 0.370 e.